The summed E-state index contributed by atoms with van der Waals surface area (Å²) in [6.07, 6.45) is 4.99. The highest BCUT2D eigenvalue weighted by Gasteiger charge is 2.22. The second kappa shape index (κ2) is 5.97. The maximum absolute atomic E-state index is 9.76. The predicted molar refractivity (Wildman–Crippen MR) is 71.3 cm³/mol. The van der Waals surface area contributed by atoms with E-state index in [4.69, 9.17) is 5.84 Å². The molecule has 4 N–H and O–H groups in total. The molecule has 18 heavy (non-hydrogen) atoms. The fourth-order valence-corrected chi connectivity index (χ4v) is 2.43. The van der Waals surface area contributed by atoms with Crippen LogP contribution in [0.2, 0.25) is 0 Å². The Kier molecular flexibility index (Phi) is 4.33. The number of rotatable bonds is 4. The molecule has 0 spiro atoms. The Morgan fingerprint density at radius 2 is 2.39 bits per heavy atom. The summed E-state index contributed by atoms with van der Waals surface area (Å²) in [7, 11) is 0. The molecule has 0 aromatic carbocycles. The SMILES string of the molecule is CCCc1c(NN)ncnc1N1CCCC(O)C1. The van der Waals surface area contributed by atoms with Crippen molar-refractivity contribution < 1.29 is 5.11 Å². The normalized spacial score (nSPS) is 19.9. The van der Waals surface area contributed by atoms with Gasteiger partial charge in [0.25, 0.3) is 0 Å². The quantitative estimate of drug-likeness (QED) is 0.539. The molecule has 2 heterocycles. The fourth-order valence-electron chi connectivity index (χ4n) is 2.43. The Morgan fingerprint density at radius 1 is 1.56 bits per heavy atom. The second-order valence-electron chi connectivity index (χ2n) is 4.66. The van der Waals surface area contributed by atoms with Gasteiger partial charge in [-0.2, -0.15) is 0 Å². The molecule has 0 aliphatic carbocycles. The number of aromatic nitrogens is 2. The maximum Gasteiger partial charge on any atom is 0.148 e. The second-order valence-corrected chi connectivity index (χ2v) is 4.66. The third kappa shape index (κ3) is 2.70. The van der Waals surface area contributed by atoms with Gasteiger partial charge < -0.3 is 15.4 Å². The molecule has 6 heteroatoms. The zero-order valence-electron chi connectivity index (χ0n) is 10.8. The molecule has 1 saturated heterocycles. The first-order valence-corrected chi connectivity index (χ1v) is 6.49. The van der Waals surface area contributed by atoms with E-state index in [0.717, 1.165) is 43.6 Å². The number of aliphatic hydroxyl groups is 1. The van der Waals surface area contributed by atoms with Gasteiger partial charge in [0.05, 0.1) is 6.10 Å². The summed E-state index contributed by atoms with van der Waals surface area (Å²) in [5.74, 6) is 7.08. The van der Waals surface area contributed by atoms with Gasteiger partial charge in [0.1, 0.15) is 18.0 Å². The highest BCUT2D eigenvalue weighted by Crippen LogP contribution is 2.26. The molecule has 6 nitrogen and oxygen atoms in total. The van der Waals surface area contributed by atoms with Crippen molar-refractivity contribution in [1.29, 1.82) is 0 Å². The van der Waals surface area contributed by atoms with Gasteiger partial charge >= 0.3 is 0 Å². The van der Waals surface area contributed by atoms with E-state index in [1.807, 2.05) is 0 Å². The van der Waals surface area contributed by atoms with Gasteiger partial charge in [-0.3, -0.25) is 0 Å². The molecule has 1 aliphatic rings. The zero-order chi connectivity index (χ0) is 13.0. The van der Waals surface area contributed by atoms with Crippen molar-refractivity contribution in [3.8, 4) is 0 Å². The molecule has 1 unspecified atom stereocenters. The first-order chi connectivity index (χ1) is 8.76. The number of aliphatic hydroxyl groups excluding tert-OH is 1. The number of nitrogen functional groups attached to an aromatic ring is 1. The number of β-amino-alcohol motifs (C(OH)–C–C–N with tert-alkyl or cyclic N) is 1. The lowest BCUT2D eigenvalue weighted by Gasteiger charge is -2.32. The summed E-state index contributed by atoms with van der Waals surface area (Å²) in [4.78, 5) is 10.7. The first-order valence-electron chi connectivity index (χ1n) is 6.49. The minimum Gasteiger partial charge on any atom is -0.391 e. The maximum atomic E-state index is 9.76. The summed E-state index contributed by atoms with van der Waals surface area (Å²) in [6, 6.07) is 0. The molecule has 1 aromatic rings. The number of piperidine rings is 1. The monoisotopic (exact) mass is 251 g/mol. The van der Waals surface area contributed by atoms with Crippen molar-refractivity contribution in [2.45, 2.75) is 38.7 Å². The summed E-state index contributed by atoms with van der Waals surface area (Å²) in [5, 5.41) is 9.76. The Bertz CT molecular complexity index is 398. The number of hydrogen-bond donors (Lipinski definition) is 3. The lowest BCUT2D eigenvalue weighted by atomic mass is 10.1. The van der Waals surface area contributed by atoms with Crippen LogP contribution in [0.1, 0.15) is 31.7 Å². The van der Waals surface area contributed by atoms with Gasteiger partial charge in [-0.25, -0.2) is 15.8 Å². The molecule has 1 atom stereocenters. The number of hydrazine groups is 1. The molecule has 0 bridgehead atoms. The van der Waals surface area contributed by atoms with Crippen molar-refractivity contribution in [2.75, 3.05) is 23.4 Å². The zero-order valence-corrected chi connectivity index (χ0v) is 10.8. The van der Waals surface area contributed by atoms with Gasteiger partial charge in [0.2, 0.25) is 0 Å². The largest absolute Gasteiger partial charge is 0.391 e. The van der Waals surface area contributed by atoms with Crippen LogP contribution in [-0.4, -0.2) is 34.3 Å². The molecule has 1 aromatic heterocycles. The van der Waals surface area contributed by atoms with Crippen LogP contribution in [0.5, 0.6) is 0 Å². The molecule has 1 aliphatic heterocycles. The van der Waals surface area contributed by atoms with Crippen molar-refractivity contribution in [3.05, 3.63) is 11.9 Å². The molecule has 0 radical (unpaired) electrons. The first kappa shape index (κ1) is 13.0. The van der Waals surface area contributed by atoms with Crippen molar-refractivity contribution in [2.24, 2.45) is 5.84 Å². The van der Waals surface area contributed by atoms with Crippen LogP contribution >= 0.6 is 0 Å². The Balaban J connectivity index is 2.30. The number of nitrogens with one attached hydrogen (secondary N) is 1. The van der Waals surface area contributed by atoms with Gasteiger partial charge in [-0.1, -0.05) is 13.3 Å². The average molecular weight is 251 g/mol. The predicted octanol–water partition coefficient (Wildman–Crippen LogP) is 0.676. The van der Waals surface area contributed by atoms with Crippen molar-refractivity contribution >= 4 is 11.6 Å². The summed E-state index contributed by atoms with van der Waals surface area (Å²) in [6.45, 7) is 3.68. The number of nitrogens with two attached hydrogens (primary N) is 1. The van der Waals surface area contributed by atoms with Crippen molar-refractivity contribution in [1.82, 2.24) is 9.97 Å². The van der Waals surface area contributed by atoms with Crippen LogP contribution in [0.15, 0.2) is 6.33 Å². The third-order valence-corrected chi connectivity index (χ3v) is 3.26. The van der Waals surface area contributed by atoms with Gasteiger partial charge in [0.15, 0.2) is 0 Å². The number of nitrogens with zero attached hydrogens (tertiary/aromatic N) is 3. The molecule has 2 rings (SSSR count). The molecule has 0 saturated carbocycles. The number of anilines is 2. The van der Waals surface area contributed by atoms with Crippen molar-refractivity contribution in [3.63, 3.8) is 0 Å². The van der Waals surface area contributed by atoms with Crippen LogP contribution in [0.25, 0.3) is 0 Å². The minimum atomic E-state index is -0.266. The van der Waals surface area contributed by atoms with Gasteiger partial charge in [-0.05, 0) is 19.3 Å². The Morgan fingerprint density at radius 3 is 3.06 bits per heavy atom. The lowest BCUT2D eigenvalue weighted by molar-refractivity contribution is 0.154. The van der Waals surface area contributed by atoms with E-state index in [9.17, 15) is 5.11 Å². The van der Waals surface area contributed by atoms with E-state index in [1.54, 1.807) is 0 Å². The van der Waals surface area contributed by atoms with Crippen LogP contribution in [0.4, 0.5) is 11.6 Å². The molecule has 1 fully saturated rings. The average Bonchev–Trinajstić information content (AvgIpc) is 2.39. The highest BCUT2D eigenvalue weighted by molar-refractivity contribution is 5.58. The van der Waals surface area contributed by atoms with Gasteiger partial charge in [-0.15, -0.1) is 0 Å². The van der Waals surface area contributed by atoms with E-state index in [2.05, 4.69) is 27.2 Å². The topological polar surface area (TPSA) is 87.3 Å². The molecule has 100 valence electrons. The van der Waals surface area contributed by atoms with Crippen LogP contribution in [-0.2, 0) is 6.42 Å². The smallest absolute Gasteiger partial charge is 0.148 e. The van der Waals surface area contributed by atoms with Crippen LogP contribution in [0.3, 0.4) is 0 Å². The standard InChI is InChI=1S/C12H21N5O/c1-2-4-10-11(16-13)14-8-15-12(10)17-6-3-5-9(18)7-17/h8-9,18H,2-7,13H2,1H3,(H,14,15,16). The molecular weight excluding hydrogens is 230 g/mol. The summed E-state index contributed by atoms with van der Waals surface area (Å²) >= 11 is 0. The Hall–Kier alpha value is -1.40. The van der Waals surface area contributed by atoms with Crippen LogP contribution < -0.4 is 16.2 Å². The van der Waals surface area contributed by atoms with E-state index in [-0.39, 0.29) is 6.10 Å². The van der Waals surface area contributed by atoms with E-state index >= 15 is 0 Å². The molecule has 0 amide bonds. The highest BCUT2D eigenvalue weighted by atomic mass is 16.3. The van der Waals surface area contributed by atoms with E-state index in [1.165, 1.54) is 6.33 Å². The lowest BCUT2D eigenvalue weighted by Crippen LogP contribution is -2.39. The summed E-state index contributed by atoms with van der Waals surface area (Å²) < 4.78 is 0. The van der Waals surface area contributed by atoms with Gasteiger partial charge in [0, 0.05) is 18.7 Å². The Labute approximate surface area is 107 Å². The van der Waals surface area contributed by atoms with Crippen LogP contribution in [0, 0.1) is 0 Å². The minimum absolute atomic E-state index is 0.266. The molecular formula is C12H21N5O. The van der Waals surface area contributed by atoms with E-state index in [0.29, 0.717) is 12.4 Å². The summed E-state index contributed by atoms with van der Waals surface area (Å²) in [5.41, 5.74) is 3.67. The van der Waals surface area contributed by atoms with E-state index < -0.39 is 0 Å². The third-order valence-electron chi connectivity index (χ3n) is 3.26. The number of hydrogen-bond acceptors (Lipinski definition) is 6. The fraction of sp³-hybridized carbons (Fsp3) is 0.667.